The van der Waals surface area contributed by atoms with E-state index in [9.17, 15) is 16.8 Å². The molecule has 0 aliphatic carbocycles. The maximum Gasteiger partial charge on any atom is 0.206 e. The molecule has 264 valence electrons. The Balaban J connectivity index is 0.000000157. The van der Waals surface area contributed by atoms with Gasteiger partial charge >= 0.3 is 0 Å². The van der Waals surface area contributed by atoms with Crippen molar-refractivity contribution in [2.45, 2.75) is 82.7 Å². The molecule has 4 aliphatic heterocycles. The molecule has 0 amide bonds. The van der Waals surface area contributed by atoms with Crippen molar-refractivity contribution in [1.29, 1.82) is 0 Å². The molecule has 0 aromatic heterocycles. The first kappa shape index (κ1) is 34.7. The summed E-state index contributed by atoms with van der Waals surface area (Å²) in [6.07, 6.45) is 3.21. The third kappa shape index (κ3) is 6.25. The van der Waals surface area contributed by atoms with Crippen molar-refractivity contribution in [3.63, 3.8) is 0 Å². The van der Waals surface area contributed by atoms with E-state index >= 15 is 0 Å². The van der Waals surface area contributed by atoms with Crippen LogP contribution in [0.15, 0.2) is 117 Å². The van der Waals surface area contributed by atoms with Gasteiger partial charge in [0, 0.05) is 55.4 Å². The van der Waals surface area contributed by atoms with Crippen LogP contribution in [0, 0.1) is 5.92 Å². The number of likely N-dealkylation sites (N-methyl/N-ethyl adjacent to an activating group) is 2. The molecule has 8 nitrogen and oxygen atoms in total. The number of rotatable bonds is 4. The summed E-state index contributed by atoms with van der Waals surface area (Å²) in [6.45, 7) is 7.47. The minimum absolute atomic E-state index is 0.355. The Kier molecular flexibility index (Phi) is 9.58. The molecule has 4 aromatic rings. The van der Waals surface area contributed by atoms with Gasteiger partial charge in [0.25, 0.3) is 0 Å². The third-order valence-corrected chi connectivity index (χ3v) is 14.9. The first-order valence-corrected chi connectivity index (χ1v) is 20.7. The van der Waals surface area contributed by atoms with Crippen molar-refractivity contribution in [3.05, 3.63) is 108 Å². The van der Waals surface area contributed by atoms with Crippen LogP contribution in [0.2, 0.25) is 0 Å². The standard InChI is InChI=1S/2C20H24N2O2S/c1-14-13-21-11-10-19-20(14)17-12-16(8-9-18(17)22(19)2)25(23,24)15-6-4-3-5-7-15;1-14-12-17-18-13-16(25(23,24)15-6-4-3-5-7-15)8-9-19(18)22(2)20(17)10-11-21-14/h3-9,12,14,19-21H,10-11,13H2,1-2H3;3-9,13-14,17,20-21H,10-12H2,1-2H3/t14?,19-,20-;14?,17-,20-/m00/s1. The topological polar surface area (TPSA) is 98.8 Å². The Morgan fingerprint density at radius 1 is 0.620 bits per heavy atom. The van der Waals surface area contributed by atoms with E-state index < -0.39 is 19.7 Å². The summed E-state index contributed by atoms with van der Waals surface area (Å²) in [7, 11) is -2.69. The molecule has 50 heavy (non-hydrogen) atoms. The molecule has 4 aromatic carbocycles. The monoisotopic (exact) mass is 712 g/mol. The van der Waals surface area contributed by atoms with Gasteiger partial charge in [-0.15, -0.1) is 0 Å². The van der Waals surface area contributed by atoms with Crippen LogP contribution in [-0.4, -0.2) is 68.7 Å². The molecule has 0 radical (unpaired) electrons. The van der Waals surface area contributed by atoms with Crippen molar-refractivity contribution in [3.8, 4) is 0 Å². The van der Waals surface area contributed by atoms with Crippen LogP contribution in [0.5, 0.6) is 0 Å². The largest absolute Gasteiger partial charge is 0.371 e. The highest BCUT2D eigenvalue weighted by Crippen LogP contribution is 2.48. The van der Waals surface area contributed by atoms with Gasteiger partial charge in [0.2, 0.25) is 19.7 Å². The predicted octanol–water partition coefficient (Wildman–Crippen LogP) is 6.24. The summed E-state index contributed by atoms with van der Waals surface area (Å²) in [6, 6.07) is 30.0. The lowest BCUT2D eigenvalue weighted by atomic mass is 9.84. The highest BCUT2D eigenvalue weighted by Gasteiger charge is 2.41. The average Bonchev–Trinajstić information content (AvgIpc) is 3.33. The van der Waals surface area contributed by atoms with Gasteiger partial charge in [0.15, 0.2) is 0 Å². The normalized spacial score (nSPS) is 26.0. The number of sulfone groups is 2. The van der Waals surface area contributed by atoms with Gasteiger partial charge in [-0.1, -0.05) is 43.3 Å². The minimum Gasteiger partial charge on any atom is -0.371 e. The Bertz CT molecular complexity index is 2060. The van der Waals surface area contributed by atoms with Gasteiger partial charge in [-0.05, 0) is 124 Å². The highest BCUT2D eigenvalue weighted by atomic mass is 32.2. The summed E-state index contributed by atoms with van der Waals surface area (Å²) < 4.78 is 52.0. The van der Waals surface area contributed by atoms with E-state index in [1.807, 2.05) is 36.4 Å². The molecule has 0 bridgehead atoms. The smallest absolute Gasteiger partial charge is 0.206 e. The van der Waals surface area contributed by atoms with E-state index in [0.29, 0.717) is 55.5 Å². The van der Waals surface area contributed by atoms with E-state index in [2.05, 4.69) is 48.4 Å². The lowest BCUT2D eigenvalue weighted by molar-refractivity contribution is 0.424. The maximum absolute atomic E-state index is 13.0. The molecule has 2 saturated heterocycles. The van der Waals surface area contributed by atoms with Crippen molar-refractivity contribution >= 4 is 31.0 Å². The summed E-state index contributed by atoms with van der Waals surface area (Å²) in [5.74, 6) is 1.24. The van der Waals surface area contributed by atoms with Gasteiger partial charge < -0.3 is 20.4 Å². The molecule has 4 heterocycles. The summed E-state index contributed by atoms with van der Waals surface area (Å²) in [5, 5.41) is 7.05. The van der Waals surface area contributed by atoms with Crippen molar-refractivity contribution in [2.75, 3.05) is 43.5 Å². The lowest BCUT2D eigenvalue weighted by Crippen LogP contribution is -2.32. The number of hydrogen-bond donors (Lipinski definition) is 2. The Morgan fingerprint density at radius 2 is 1.14 bits per heavy atom. The van der Waals surface area contributed by atoms with Gasteiger partial charge in [-0.3, -0.25) is 0 Å². The quantitative estimate of drug-likeness (QED) is 0.257. The second-order valence-corrected chi connectivity index (χ2v) is 18.3. The van der Waals surface area contributed by atoms with Crippen molar-refractivity contribution in [1.82, 2.24) is 10.6 Å². The average molecular weight is 713 g/mol. The van der Waals surface area contributed by atoms with Gasteiger partial charge in [0.05, 0.1) is 19.6 Å². The number of benzene rings is 4. The van der Waals surface area contributed by atoms with Crippen LogP contribution < -0.4 is 20.4 Å². The zero-order chi connectivity index (χ0) is 35.2. The number of fused-ring (bicyclic) bond motifs is 6. The predicted molar refractivity (Wildman–Crippen MR) is 200 cm³/mol. The van der Waals surface area contributed by atoms with Crippen LogP contribution in [0.3, 0.4) is 0 Å². The Morgan fingerprint density at radius 3 is 1.74 bits per heavy atom. The minimum atomic E-state index is -3.48. The number of hydrogen-bond acceptors (Lipinski definition) is 8. The van der Waals surface area contributed by atoms with Gasteiger partial charge in [-0.25, -0.2) is 16.8 Å². The van der Waals surface area contributed by atoms with Crippen LogP contribution >= 0.6 is 0 Å². The van der Waals surface area contributed by atoms with Crippen molar-refractivity contribution in [2.24, 2.45) is 5.92 Å². The second-order valence-electron chi connectivity index (χ2n) is 14.4. The Hall–Kier alpha value is -3.70. The summed E-state index contributed by atoms with van der Waals surface area (Å²) >= 11 is 0. The van der Waals surface area contributed by atoms with Crippen LogP contribution in [0.1, 0.15) is 56.1 Å². The molecule has 0 spiro atoms. The van der Waals surface area contributed by atoms with Crippen molar-refractivity contribution < 1.29 is 16.8 Å². The molecule has 2 fully saturated rings. The van der Waals surface area contributed by atoms with E-state index in [1.54, 1.807) is 60.7 Å². The molecule has 2 unspecified atom stereocenters. The first-order chi connectivity index (χ1) is 24.0. The van der Waals surface area contributed by atoms with Crippen LogP contribution in [-0.2, 0) is 19.7 Å². The van der Waals surface area contributed by atoms with E-state index in [-0.39, 0.29) is 0 Å². The number of anilines is 2. The van der Waals surface area contributed by atoms with E-state index in [1.165, 1.54) is 22.5 Å². The molecule has 0 saturated carbocycles. The van der Waals surface area contributed by atoms with E-state index in [0.717, 1.165) is 38.9 Å². The molecule has 8 rings (SSSR count). The number of nitrogens with zero attached hydrogens (tertiary/aromatic N) is 2. The second kappa shape index (κ2) is 13.8. The summed E-state index contributed by atoms with van der Waals surface area (Å²) in [5.41, 5.74) is 4.72. The first-order valence-electron chi connectivity index (χ1n) is 17.8. The highest BCUT2D eigenvalue weighted by molar-refractivity contribution is 7.91. The van der Waals surface area contributed by atoms with Gasteiger partial charge in [-0.2, -0.15) is 0 Å². The zero-order valence-electron chi connectivity index (χ0n) is 29.3. The van der Waals surface area contributed by atoms with E-state index in [4.69, 9.17) is 0 Å². The SMILES string of the molecule is CC1CNCC[C@H]2[C@@H]1c1cc(S(=O)(=O)c3ccccc3)ccc1N2C.CC1C[C@H]2c3cc(S(=O)(=O)c4ccccc4)ccc3N(C)[C@H]2CCN1. The fourth-order valence-electron chi connectivity index (χ4n) is 8.75. The Labute approximate surface area is 297 Å². The third-order valence-electron chi connectivity index (χ3n) is 11.4. The fourth-order valence-corrected chi connectivity index (χ4v) is 11.4. The summed E-state index contributed by atoms with van der Waals surface area (Å²) in [4.78, 5) is 6.18. The molecule has 2 N–H and O–H groups in total. The molecule has 6 atom stereocenters. The zero-order valence-corrected chi connectivity index (χ0v) is 30.9. The molecular formula is C40H48N4O4S2. The number of nitrogens with one attached hydrogen (secondary N) is 2. The molecular weight excluding hydrogens is 665 g/mol. The fraction of sp³-hybridized carbons (Fsp3) is 0.400. The maximum atomic E-state index is 13.0. The van der Waals surface area contributed by atoms with Gasteiger partial charge in [0.1, 0.15) is 0 Å². The lowest BCUT2D eigenvalue weighted by Gasteiger charge is -2.27. The molecule has 4 aliphatic rings. The van der Waals surface area contributed by atoms with Crippen LogP contribution in [0.25, 0.3) is 0 Å². The van der Waals surface area contributed by atoms with Crippen LogP contribution in [0.4, 0.5) is 11.4 Å². The molecule has 10 heteroatoms.